The first-order valence-corrected chi connectivity index (χ1v) is 11.4. The minimum absolute atomic E-state index is 0.0690. The Balaban J connectivity index is 2.05. The quantitative estimate of drug-likeness (QED) is 0.287. The number of carbonyl (C=O) groups excluding carboxylic acids is 2. The Bertz CT molecular complexity index is 1120. The molecule has 0 heterocycles. The second-order valence-corrected chi connectivity index (χ2v) is 9.50. The predicted octanol–water partition coefficient (Wildman–Crippen LogP) is 2.98. The molecule has 2 N–H and O–H groups in total. The summed E-state index contributed by atoms with van der Waals surface area (Å²) in [6.07, 6.45) is 0. The summed E-state index contributed by atoms with van der Waals surface area (Å²) in [6, 6.07) is 6.99. The molecule has 1 unspecified atom stereocenters. The largest absolute Gasteiger partial charge is 0.454 e. The molecule has 172 valence electrons. The van der Waals surface area contributed by atoms with E-state index in [-0.39, 0.29) is 10.6 Å². The minimum atomic E-state index is -4.06. The van der Waals surface area contributed by atoms with Gasteiger partial charge in [-0.1, -0.05) is 29.8 Å². The Labute approximate surface area is 191 Å². The second-order valence-electron chi connectivity index (χ2n) is 6.87. The fraction of sp³-hybridized carbons (Fsp3) is 0.263. The Morgan fingerprint density at radius 1 is 1.19 bits per heavy atom. The van der Waals surface area contributed by atoms with E-state index in [0.717, 1.165) is 12.1 Å². The summed E-state index contributed by atoms with van der Waals surface area (Å²) in [4.78, 5) is 34.5. The van der Waals surface area contributed by atoms with Crippen molar-refractivity contribution in [3.8, 4) is 0 Å². The Morgan fingerprint density at radius 3 is 2.38 bits per heavy atom. The molecule has 32 heavy (non-hydrogen) atoms. The Kier molecular flexibility index (Phi) is 8.41. The van der Waals surface area contributed by atoms with Gasteiger partial charge in [0, 0.05) is 4.47 Å². The summed E-state index contributed by atoms with van der Waals surface area (Å²) in [5, 5.41) is 13.1. The van der Waals surface area contributed by atoms with E-state index in [4.69, 9.17) is 4.74 Å². The highest BCUT2D eigenvalue weighted by atomic mass is 79.9. The van der Waals surface area contributed by atoms with Gasteiger partial charge < -0.3 is 10.1 Å². The number of nitrogens with one attached hydrogen (secondary N) is 2. The van der Waals surface area contributed by atoms with Gasteiger partial charge in [0.2, 0.25) is 10.0 Å². The number of rotatable bonds is 9. The summed E-state index contributed by atoms with van der Waals surface area (Å²) in [6.45, 7) is 2.33. The van der Waals surface area contributed by atoms with Crippen LogP contribution in [0.5, 0.6) is 0 Å². The van der Waals surface area contributed by atoms with Crippen molar-refractivity contribution >= 4 is 49.2 Å². The van der Waals surface area contributed by atoms with Crippen LogP contribution in [0.3, 0.4) is 0 Å². The van der Waals surface area contributed by atoms with Crippen LogP contribution in [0.2, 0.25) is 0 Å². The van der Waals surface area contributed by atoms with Crippen LogP contribution in [0.4, 0.5) is 15.8 Å². The average molecular weight is 532 g/mol. The smallest absolute Gasteiger partial charge is 0.324 e. The molecule has 0 aliphatic rings. The molecule has 2 aromatic rings. The Hall–Kier alpha value is -2.90. The lowest BCUT2D eigenvalue weighted by Crippen LogP contribution is -2.45. The first-order chi connectivity index (χ1) is 14.9. The van der Waals surface area contributed by atoms with E-state index in [1.54, 1.807) is 13.8 Å². The molecule has 0 aliphatic carbocycles. The molecule has 1 atom stereocenters. The van der Waals surface area contributed by atoms with Gasteiger partial charge in [0.05, 0.1) is 15.9 Å². The van der Waals surface area contributed by atoms with E-state index < -0.39 is 56.9 Å². The molecular formula is C19H19BrFN3O7S. The normalized spacial score (nSPS) is 12.3. The highest BCUT2D eigenvalue weighted by Gasteiger charge is 2.30. The van der Waals surface area contributed by atoms with Crippen molar-refractivity contribution in [3.05, 3.63) is 62.9 Å². The molecule has 0 fully saturated rings. The summed E-state index contributed by atoms with van der Waals surface area (Å²) >= 11 is 3.20. The topological polar surface area (TPSA) is 145 Å². The fourth-order valence-electron chi connectivity index (χ4n) is 2.48. The zero-order valence-corrected chi connectivity index (χ0v) is 19.3. The van der Waals surface area contributed by atoms with Gasteiger partial charge in [-0.2, -0.15) is 4.72 Å². The van der Waals surface area contributed by atoms with Crippen molar-refractivity contribution in [2.45, 2.75) is 24.8 Å². The molecule has 13 heteroatoms. The van der Waals surface area contributed by atoms with Crippen molar-refractivity contribution in [1.29, 1.82) is 0 Å². The molecule has 0 aromatic heterocycles. The van der Waals surface area contributed by atoms with Crippen molar-refractivity contribution < 1.29 is 32.1 Å². The van der Waals surface area contributed by atoms with Gasteiger partial charge in [0.15, 0.2) is 6.61 Å². The standard InChI is InChI=1S/C19H19BrFN3O7S/c1-11(2)18(23-32(29,30)14-6-3-12(20)4-7-14)19(26)31-10-17(25)22-15-8-5-13(21)9-16(15)24(27)28/h3-9,11,18,23H,10H2,1-2H3,(H,22,25). The van der Waals surface area contributed by atoms with Crippen molar-refractivity contribution in [2.24, 2.45) is 5.92 Å². The van der Waals surface area contributed by atoms with Gasteiger partial charge in [-0.3, -0.25) is 19.7 Å². The van der Waals surface area contributed by atoms with Crippen molar-refractivity contribution in [2.75, 3.05) is 11.9 Å². The van der Waals surface area contributed by atoms with E-state index in [1.165, 1.54) is 24.3 Å². The molecule has 0 aliphatic heterocycles. The molecule has 0 bridgehead atoms. The number of benzene rings is 2. The zero-order valence-electron chi connectivity index (χ0n) is 16.9. The number of nitro groups is 1. The third kappa shape index (κ3) is 6.80. The average Bonchev–Trinajstić information content (AvgIpc) is 2.71. The van der Waals surface area contributed by atoms with Crippen LogP contribution in [-0.2, 0) is 24.3 Å². The number of ether oxygens (including phenoxy) is 1. The summed E-state index contributed by atoms with van der Waals surface area (Å²) in [5.74, 6) is -3.32. The van der Waals surface area contributed by atoms with Crippen LogP contribution in [0, 0.1) is 21.8 Å². The van der Waals surface area contributed by atoms with Crippen LogP contribution >= 0.6 is 15.9 Å². The molecule has 2 aromatic carbocycles. The lowest BCUT2D eigenvalue weighted by Gasteiger charge is -2.20. The molecule has 0 spiro atoms. The SMILES string of the molecule is CC(C)C(NS(=O)(=O)c1ccc(Br)cc1)C(=O)OCC(=O)Nc1ccc(F)cc1[N+](=O)[O-]. The summed E-state index contributed by atoms with van der Waals surface area (Å²) in [7, 11) is -4.06. The third-order valence-corrected chi connectivity index (χ3v) is 6.09. The lowest BCUT2D eigenvalue weighted by atomic mass is 10.1. The number of halogens is 2. The first kappa shape index (κ1) is 25.4. The van der Waals surface area contributed by atoms with Gasteiger partial charge >= 0.3 is 5.97 Å². The maximum Gasteiger partial charge on any atom is 0.324 e. The number of nitro benzene ring substituents is 1. The molecule has 0 saturated heterocycles. The number of hydrogen-bond acceptors (Lipinski definition) is 7. The number of hydrogen-bond donors (Lipinski definition) is 2. The van der Waals surface area contributed by atoms with Crippen LogP contribution in [0.1, 0.15) is 13.8 Å². The number of amides is 1. The number of nitrogens with zero attached hydrogens (tertiary/aromatic N) is 1. The highest BCUT2D eigenvalue weighted by molar-refractivity contribution is 9.10. The molecular weight excluding hydrogens is 513 g/mol. The fourth-order valence-corrected chi connectivity index (χ4v) is 4.08. The van der Waals surface area contributed by atoms with Gasteiger partial charge in [0.25, 0.3) is 11.6 Å². The molecule has 0 saturated carbocycles. The van der Waals surface area contributed by atoms with Gasteiger partial charge in [-0.15, -0.1) is 0 Å². The molecule has 1 amide bonds. The summed E-state index contributed by atoms with van der Waals surface area (Å²) < 4.78 is 46.1. The second kappa shape index (κ2) is 10.6. The first-order valence-electron chi connectivity index (χ1n) is 9.09. The van der Waals surface area contributed by atoms with Gasteiger partial charge in [-0.25, -0.2) is 12.8 Å². The zero-order chi connectivity index (χ0) is 24.1. The van der Waals surface area contributed by atoms with E-state index >= 15 is 0 Å². The highest BCUT2D eigenvalue weighted by Crippen LogP contribution is 2.25. The lowest BCUT2D eigenvalue weighted by molar-refractivity contribution is -0.384. The molecule has 10 nitrogen and oxygen atoms in total. The molecule has 2 rings (SSSR count). The van der Waals surface area contributed by atoms with Gasteiger partial charge in [-0.05, 0) is 42.3 Å². The van der Waals surface area contributed by atoms with E-state index in [0.29, 0.717) is 10.5 Å². The minimum Gasteiger partial charge on any atom is -0.454 e. The predicted molar refractivity (Wildman–Crippen MR) is 116 cm³/mol. The monoisotopic (exact) mass is 531 g/mol. The van der Waals surface area contributed by atoms with Crippen LogP contribution < -0.4 is 10.0 Å². The number of carbonyl (C=O) groups is 2. The maximum absolute atomic E-state index is 13.2. The van der Waals surface area contributed by atoms with Crippen LogP contribution in [-0.4, -0.2) is 37.9 Å². The summed E-state index contributed by atoms with van der Waals surface area (Å²) in [5.41, 5.74) is -0.958. The van der Waals surface area contributed by atoms with Gasteiger partial charge in [0.1, 0.15) is 17.5 Å². The number of sulfonamides is 1. The number of anilines is 1. The van der Waals surface area contributed by atoms with Crippen LogP contribution in [0.25, 0.3) is 0 Å². The van der Waals surface area contributed by atoms with E-state index in [1.807, 2.05) is 0 Å². The number of esters is 1. The Morgan fingerprint density at radius 2 is 1.81 bits per heavy atom. The van der Waals surface area contributed by atoms with Crippen molar-refractivity contribution in [1.82, 2.24) is 4.72 Å². The third-order valence-electron chi connectivity index (χ3n) is 4.10. The van der Waals surface area contributed by atoms with E-state index in [2.05, 4.69) is 26.0 Å². The van der Waals surface area contributed by atoms with Crippen LogP contribution in [0.15, 0.2) is 51.8 Å². The molecule has 0 radical (unpaired) electrons. The van der Waals surface area contributed by atoms with Crippen molar-refractivity contribution in [3.63, 3.8) is 0 Å². The maximum atomic E-state index is 13.2. The van der Waals surface area contributed by atoms with E-state index in [9.17, 15) is 32.5 Å².